The number of hydrogen-bond acceptors (Lipinski definition) is 1. The monoisotopic (exact) mass is 425 g/mol. The second-order valence-corrected chi connectivity index (χ2v) is 11.3. The molecule has 0 aliphatic heterocycles. The van der Waals surface area contributed by atoms with Gasteiger partial charge in [-0.2, -0.15) is 0 Å². The highest BCUT2D eigenvalue weighted by Gasteiger charge is 2.51. The zero-order valence-corrected chi connectivity index (χ0v) is 20.4. The highest BCUT2D eigenvalue weighted by atomic mass is 14.9. The van der Waals surface area contributed by atoms with Gasteiger partial charge in [0.1, 0.15) is 0 Å². The molecule has 2 aliphatic rings. The number of benzene rings is 3. The zero-order valence-electron chi connectivity index (χ0n) is 20.4. The molecule has 0 saturated heterocycles. The fraction of sp³-hybridized carbons (Fsp3) is 0.484. The Bertz CT molecular complexity index is 1110. The molecule has 2 aliphatic carbocycles. The smallest absolute Gasteiger partial charge is 0.0211 e. The summed E-state index contributed by atoms with van der Waals surface area (Å²) in [5, 5.41) is 6.63. The van der Waals surface area contributed by atoms with E-state index in [1.165, 1.54) is 54.0 Å². The fourth-order valence-corrected chi connectivity index (χ4v) is 7.14. The molecule has 3 atom stereocenters. The molecule has 32 heavy (non-hydrogen) atoms. The normalized spacial score (nSPS) is 27.3. The van der Waals surface area contributed by atoms with Crippen molar-refractivity contribution in [1.82, 2.24) is 5.32 Å². The van der Waals surface area contributed by atoms with Crippen LogP contribution in [0.5, 0.6) is 0 Å². The minimum Gasteiger partial charge on any atom is -0.312 e. The zero-order chi connectivity index (χ0) is 22.3. The Morgan fingerprint density at radius 3 is 2.62 bits per heavy atom. The molecule has 1 N–H and O–H groups in total. The molecule has 1 heteroatoms. The third-order valence-corrected chi connectivity index (χ3v) is 8.89. The van der Waals surface area contributed by atoms with E-state index >= 15 is 0 Å². The van der Waals surface area contributed by atoms with Gasteiger partial charge in [0.25, 0.3) is 0 Å². The summed E-state index contributed by atoms with van der Waals surface area (Å²) in [5.41, 5.74) is 6.87. The summed E-state index contributed by atoms with van der Waals surface area (Å²) in [6.07, 6.45) is 6.59. The molecule has 0 amide bonds. The van der Waals surface area contributed by atoms with Gasteiger partial charge in [0.15, 0.2) is 0 Å². The van der Waals surface area contributed by atoms with Crippen LogP contribution in [0.25, 0.3) is 10.8 Å². The van der Waals surface area contributed by atoms with Gasteiger partial charge >= 0.3 is 0 Å². The highest BCUT2D eigenvalue weighted by molar-refractivity contribution is 5.85. The Hall–Kier alpha value is -2.12. The lowest BCUT2D eigenvalue weighted by atomic mass is 9.49. The van der Waals surface area contributed by atoms with E-state index in [1.807, 2.05) is 0 Å². The van der Waals surface area contributed by atoms with Gasteiger partial charge < -0.3 is 5.32 Å². The summed E-state index contributed by atoms with van der Waals surface area (Å²) in [4.78, 5) is 0. The molecule has 5 rings (SSSR count). The maximum Gasteiger partial charge on any atom is 0.0211 e. The van der Waals surface area contributed by atoms with Crippen LogP contribution in [0, 0.1) is 11.3 Å². The molecule has 0 spiro atoms. The maximum atomic E-state index is 3.90. The van der Waals surface area contributed by atoms with Gasteiger partial charge in [-0.1, -0.05) is 94.8 Å². The molecule has 1 fully saturated rings. The first kappa shape index (κ1) is 21.7. The summed E-state index contributed by atoms with van der Waals surface area (Å²) >= 11 is 0. The van der Waals surface area contributed by atoms with Crippen LogP contribution < -0.4 is 5.32 Å². The molecule has 168 valence electrons. The number of rotatable bonds is 5. The van der Waals surface area contributed by atoms with Crippen molar-refractivity contribution in [3.05, 3.63) is 82.9 Å². The number of aryl methyl sites for hydroxylation is 1. The lowest BCUT2D eigenvalue weighted by molar-refractivity contribution is 0.0257. The van der Waals surface area contributed by atoms with Crippen molar-refractivity contribution in [2.75, 3.05) is 6.54 Å². The maximum absolute atomic E-state index is 3.90. The number of fused-ring (bicyclic) bond motifs is 4. The molecule has 0 radical (unpaired) electrons. The van der Waals surface area contributed by atoms with Crippen LogP contribution in [-0.2, 0) is 18.4 Å². The Balaban J connectivity index is 1.36. The van der Waals surface area contributed by atoms with Gasteiger partial charge in [-0.05, 0) is 81.4 Å². The Morgan fingerprint density at radius 1 is 0.969 bits per heavy atom. The van der Waals surface area contributed by atoms with Crippen molar-refractivity contribution in [3.63, 3.8) is 0 Å². The fourth-order valence-electron chi connectivity index (χ4n) is 7.14. The van der Waals surface area contributed by atoms with Crippen molar-refractivity contribution in [3.8, 4) is 0 Å². The van der Waals surface area contributed by atoms with Crippen LogP contribution in [0.3, 0.4) is 0 Å². The summed E-state index contributed by atoms with van der Waals surface area (Å²) in [5.74, 6) is 1.36. The van der Waals surface area contributed by atoms with Crippen LogP contribution in [0.4, 0.5) is 0 Å². The molecule has 3 aromatic rings. The Morgan fingerprint density at radius 2 is 1.78 bits per heavy atom. The van der Waals surface area contributed by atoms with Crippen LogP contribution in [0.15, 0.2) is 60.7 Å². The van der Waals surface area contributed by atoms with E-state index in [1.54, 1.807) is 11.1 Å². The summed E-state index contributed by atoms with van der Waals surface area (Å²) in [6, 6.07) is 22.9. The van der Waals surface area contributed by atoms with Crippen LogP contribution in [0.2, 0.25) is 0 Å². The first-order valence-electron chi connectivity index (χ1n) is 12.7. The average molecular weight is 426 g/mol. The molecular formula is C31H39N. The van der Waals surface area contributed by atoms with Crippen LogP contribution >= 0.6 is 0 Å². The lowest BCUT2D eigenvalue weighted by Crippen LogP contribution is -2.52. The van der Waals surface area contributed by atoms with Crippen molar-refractivity contribution >= 4 is 10.8 Å². The van der Waals surface area contributed by atoms with E-state index in [0.717, 1.165) is 19.0 Å². The third-order valence-electron chi connectivity index (χ3n) is 8.89. The SMILES string of the molecule is CC(C)c1ccc2c(c1)CC[C@@H]1[C@](C)(CNCc3cccc4ccccc34)CCC[C@]21C. The van der Waals surface area contributed by atoms with Gasteiger partial charge in [-0.15, -0.1) is 0 Å². The Labute approximate surface area is 194 Å². The molecule has 1 saturated carbocycles. The van der Waals surface area contributed by atoms with Crippen LogP contribution in [0.1, 0.15) is 81.5 Å². The van der Waals surface area contributed by atoms with Crippen molar-refractivity contribution < 1.29 is 0 Å². The largest absolute Gasteiger partial charge is 0.312 e. The first-order valence-corrected chi connectivity index (χ1v) is 12.7. The topological polar surface area (TPSA) is 12.0 Å². The summed E-state index contributed by atoms with van der Waals surface area (Å²) in [7, 11) is 0. The van der Waals surface area contributed by atoms with E-state index in [4.69, 9.17) is 0 Å². The second kappa shape index (κ2) is 8.34. The molecule has 0 heterocycles. The van der Waals surface area contributed by atoms with Gasteiger partial charge in [-0.25, -0.2) is 0 Å². The van der Waals surface area contributed by atoms with Gasteiger partial charge in [-0.3, -0.25) is 0 Å². The molecule has 1 nitrogen and oxygen atoms in total. The predicted molar refractivity (Wildman–Crippen MR) is 137 cm³/mol. The molecule has 0 unspecified atom stereocenters. The van der Waals surface area contributed by atoms with E-state index in [0.29, 0.717) is 16.7 Å². The highest BCUT2D eigenvalue weighted by Crippen LogP contribution is 2.57. The van der Waals surface area contributed by atoms with E-state index in [2.05, 4.69) is 93.7 Å². The minimum absolute atomic E-state index is 0.317. The summed E-state index contributed by atoms with van der Waals surface area (Å²) in [6.45, 7) is 11.8. The summed E-state index contributed by atoms with van der Waals surface area (Å²) < 4.78 is 0. The van der Waals surface area contributed by atoms with Gasteiger partial charge in [0.05, 0.1) is 0 Å². The third kappa shape index (κ3) is 3.69. The molecule has 3 aromatic carbocycles. The molecular weight excluding hydrogens is 386 g/mol. The van der Waals surface area contributed by atoms with E-state index in [9.17, 15) is 0 Å². The Kier molecular flexibility index (Phi) is 5.66. The molecule has 0 aromatic heterocycles. The van der Waals surface area contributed by atoms with Crippen molar-refractivity contribution in [2.24, 2.45) is 11.3 Å². The van der Waals surface area contributed by atoms with E-state index in [-0.39, 0.29) is 0 Å². The quantitative estimate of drug-likeness (QED) is 0.440. The minimum atomic E-state index is 0.317. The second-order valence-electron chi connectivity index (χ2n) is 11.3. The standard InChI is InChI=1S/C31H39N/c1-22(2)24-13-15-28-25(19-24)14-16-29-30(3,17-8-18-31(28,29)4)21-32-20-26-11-7-10-23-9-5-6-12-27(23)26/h5-7,9-13,15,19,22,29,32H,8,14,16-18,20-21H2,1-4H3/t29-,30+,31-/m1/s1. The van der Waals surface area contributed by atoms with Gasteiger partial charge in [0.2, 0.25) is 0 Å². The average Bonchev–Trinajstić information content (AvgIpc) is 2.79. The first-order chi connectivity index (χ1) is 15.4. The number of hydrogen-bond donors (Lipinski definition) is 1. The predicted octanol–water partition coefficient (Wildman–Crippen LogP) is 7.76. The molecule has 0 bridgehead atoms. The van der Waals surface area contributed by atoms with Crippen LogP contribution in [-0.4, -0.2) is 6.54 Å². The van der Waals surface area contributed by atoms with Gasteiger partial charge in [0, 0.05) is 13.1 Å². The number of nitrogens with one attached hydrogen (secondary N) is 1. The van der Waals surface area contributed by atoms with E-state index < -0.39 is 0 Å². The van der Waals surface area contributed by atoms with Crippen molar-refractivity contribution in [1.29, 1.82) is 0 Å². The lowest BCUT2D eigenvalue weighted by Gasteiger charge is -2.55. The van der Waals surface area contributed by atoms with Crippen molar-refractivity contribution in [2.45, 2.75) is 77.7 Å².